The molecule has 0 radical (unpaired) electrons. The van der Waals surface area contributed by atoms with E-state index in [-0.39, 0.29) is 10.8 Å². The Labute approximate surface area is 137 Å². The van der Waals surface area contributed by atoms with E-state index in [1.165, 1.54) is 63.0 Å². The highest BCUT2D eigenvalue weighted by atomic mass is 32.2. The van der Waals surface area contributed by atoms with E-state index < -0.39 is 10.0 Å². The van der Waals surface area contributed by atoms with Crippen molar-refractivity contribution in [2.24, 2.45) is 5.14 Å². The van der Waals surface area contributed by atoms with Gasteiger partial charge in [0.25, 0.3) is 5.91 Å². The van der Waals surface area contributed by atoms with Crippen LogP contribution in [0.2, 0.25) is 0 Å². The highest BCUT2D eigenvalue weighted by Gasteiger charge is 2.43. The van der Waals surface area contributed by atoms with Crippen molar-refractivity contribution in [2.75, 3.05) is 19.6 Å². The third-order valence-electron chi connectivity index (χ3n) is 5.13. The average molecular weight is 337 g/mol. The zero-order valence-corrected chi connectivity index (χ0v) is 13.9. The largest absolute Gasteiger partial charge is 0.352 e. The fourth-order valence-corrected chi connectivity index (χ4v) is 4.46. The minimum absolute atomic E-state index is 0.0143. The van der Waals surface area contributed by atoms with Crippen LogP contribution < -0.4 is 10.5 Å². The molecule has 0 aliphatic carbocycles. The smallest absolute Gasteiger partial charge is 0.251 e. The lowest BCUT2D eigenvalue weighted by atomic mass is 9.90. The first-order valence-electron chi connectivity index (χ1n) is 8.07. The van der Waals surface area contributed by atoms with Crippen molar-refractivity contribution in [3.8, 4) is 0 Å². The van der Waals surface area contributed by atoms with Crippen LogP contribution in [-0.4, -0.2) is 44.4 Å². The SMILES string of the molecule is NS(=O)(=O)c1ccc(C(=O)NCCC23CCCN2CCC3)cc1. The van der Waals surface area contributed by atoms with Crippen molar-refractivity contribution in [3.63, 3.8) is 0 Å². The Balaban J connectivity index is 1.55. The van der Waals surface area contributed by atoms with Gasteiger partial charge in [-0.25, -0.2) is 13.6 Å². The lowest BCUT2D eigenvalue weighted by Gasteiger charge is -2.32. The number of hydrogen-bond donors (Lipinski definition) is 2. The molecule has 2 heterocycles. The van der Waals surface area contributed by atoms with Gasteiger partial charge in [0.15, 0.2) is 0 Å². The van der Waals surface area contributed by atoms with E-state index in [1.807, 2.05) is 0 Å². The second-order valence-corrected chi connectivity index (χ2v) is 8.06. The van der Waals surface area contributed by atoms with Crippen molar-refractivity contribution in [1.82, 2.24) is 10.2 Å². The molecule has 6 nitrogen and oxygen atoms in total. The van der Waals surface area contributed by atoms with Crippen LogP contribution in [0.4, 0.5) is 0 Å². The molecule has 0 aromatic heterocycles. The maximum atomic E-state index is 12.2. The Morgan fingerprint density at radius 2 is 1.78 bits per heavy atom. The summed E-state index contributed by atoms with van der Waals surface area (Å²) in [5.74, 6) is -0.176. The summed E-state index contributed by atoms with van der Waals surface area (Å²) in [5.41, 5.74) is 0.745. The molecule has 1 aromatic carbocycles. The van der Waals surface area contributed by atoms with Crippen LogP contribution in [0.3, 0.4) is 0 Å². The highest BCUT2D eigenvalue weighted by molar-refractivity contribution is 7.89. The molecule has 2 aliphatic rings. The van der Waals surface area contributed by atoms with Gasteiger partial charge in [-0.15, -0.1) is 0 Å². The summed E-state index contributed by atoms with van der Waals surface area (Å²) in [5, 5.41) is 7.99. The predicted octanol–water partition coefficient (Wildman–Crippen LogP) is 1.08. The Kier molecular flexibility index (Phi) is 4.44. The number of sulfonamides is 1. The Morgan fingerprint density at radius 3 is 2.35 bits per heavy atom. The monoisotopic (exact) mass is 337 g/mol. The van der Waals surface area contributed by atoms with Gasteiger partial charge >= 0.3 is 0 Å². The van der Waals surface area contributed by atoms with Crippen molar-refractivity contribution in [2.45, 2.75) is 42.5 Å². The molecule has 2 aliphatic heterocycles. The van der Waals surface area contributed by atoms with Gasteiger partial charge in [-0.05, 0) is 69.5 Å². The van der Waals surface area contributed by atoms with E-state index in [9.17, 15) is 13.2 Å². The number of rotatable bonds is 5. The van der Waals surface area contributed by atoms with Crippen LogP contribution in [0.1, 0.15) is 42.5 Å². The van der Waals surface area contributed by atoms with Crippen molar-refractivity contribution < 1.29 is 13.2 Å². The molecule has 0 saturated carbocycles. The zero-order chi connectivity index (χ0) is 16.5. The molecule has 0 spiro atoms. The maximum absolute atomic E-state index is 12.2. The second-order valence-electron chi connectivity index (χ2n) is 6.49. The Bertz CT molecular complexity index is 675. The number of carbonyl (C=O) groups is 1. The number of benzene rings is 1. The molecule has 2 fully saturated rings. The number of fused-ring (bicyclic) bond motifs is 1. The molecule has 23 heavy (non-hydrogen) atoms. The van der Waals surface area contributed by atoms with Gasteiger partial charge in [0.05, 0.1) is 4.90 Å². The van der Waals surface area contributed by atoms with E-state index in [2.05, 4.69) is 10.2 Å². The van der Waals surface area contributed by atoms with E-state index in [1.54, 1.807) is 0 Å². The number of carbonyl (C=O) groups excluding carboxylic acids is 1. The molecule has 2 saturated heterocycles. The van der Waals surface area contributed by atoms with E-state index >= 15 is 0 Å². The summed E-state index contributed by atoms with van der Waals surface area (Å²) in [6, 6.07) is 5.70. The molecule has 0 bridgehead atoms. The minimum atomic E-state index is -3.72. The lowest BCUT2D eigenvalue weighted by molar-refractivity contribution is 0.0942. The average Bonchev–Trinajstić information content (AvgIpc) is 3.06. The van der Waals surface area contributed by atoms with Crippen LogP contribution in [-0.2, 0) is 10.0 Å². The van der Waals surface area contributed by atoms with Crippen molar-refractivity contribution in [1.29, 1.82) is 0 Å². The van der Waals surface area contributed by atoms with Gasteiger partial charge in [0.1, 0.15) is 0 Å². The van der Waals surface area contributed by atoms with Crippen LogP contribution in [0, 0.1) is 0 Å². The van der Waals surface area contributed by atoms with Crippen LogP contribution in [0.5, 0.6) is 0 Å². The summed E-state index contributed by atoms with van der Waals surface area (Å²) in [4.78, 5) is 14.7. The van der Waals surface area contributed by atoms with Gasteiger partial charge in [0.2, 0.25) is 10.0 Å². The fourth-order valence-electron chi connectivity index (χ4n) is 3.94. The first kappa shape index (κ1) is 16.4. The molecule has 126 valence electrons. The number of amides is 1. The minimum Gasteiger partial charge on any atom is -0.352 e. The van der Waals surface area contributed by atoms with Crippen LogP contribution in [0.15, 0.2) is 29.2 Å². The van der Waals surface area contributed by atoms with E-state index in [0.717, 1.165) is 6.42 Å². The first-order valence-corrected chi connectivity index (χ1v) is 9.62. The summed E-state index contributed by atoms with van der Waals surface area (Å²) in [6.45, 7) is 3.01. The third-order valence-corrected chi connectivity index (χ3v) is 6.06. The fraction of sp³-hybridized carbons (Fsp3) is 0.562. The normalized spacial score (nSPS) is 20.4. The standard InChI is InChI=1S/C16H23N3O3S/c17-23(21,22)14-5-3-13(4-6-14)15(20)18-10-9-16-7-1-11-19(16)12-2-8-16/h3-6H,1-2,7-12H2,(H,18,20)(H2,17,21,22). The van der Waals surface area contributed by atoms with Crippen LogP contribution >= 0.6 is 0 Å². The number of hydrogen-bond acceptors (Lipinski definition) is 4. The topological polar surface area (TPSA) is 92.5 Å². The second kappa shape index (κ2) is 6.22. The van der Waals surface area contributed by atoms with Crippen LogP contribution in [0.25, 0.3) is 0 Å². The number of primary sulfonamides is 1. The summed E-state index contributed by atoms with van der Waals surface area (Å²) in [6.07, 6.45) is 5.94. The quantitative estimate of drug-likeness (QED) is 0.841. The molecular weight excluding hydrogens is 314 g/mol. The van der Waals surface area contributed by atoms with Gasteiger partial charge in [-0.3, -0.25) is 9.69 Å². The summed E-state index contributed by atoms with van der Waals surface area (Å²) >= 11 is 0. The Morgan fingerprint density at radius 1 is 1.17 bits per heavy atom. The number of nitrogens with zero attached hydrogens (tertiary/aromatic N) is 1. The molecule has 3 rings (SSSR count). The van der Waals surface area contributed by atoms with E-state index in [0.29, 0.717) is 17.6 Å². The first-order chi connectivity index (χ1) is 10.9. The molecular formula is C16H23N3O3S. The summed E-state index contributed by atoms with van der Waals surface area (Å²) in [7, 11) is -3.72. The predicted molar refractivity (Wildman–Crippen MR) is 87.5 cm³/mol. The van der Waals surface area contributed by atoms with Gasteiger partial charge < -0.3 is 5.32 Å². The molecule has 7 heteroatoms. The van der Waals surface area contributed by atoms with Gasteiger partial charge in [-0.2, -0.15) is 0 Å². The lowest BCUT2D eigenvalue weighted by Crippen LogP contribution is -2.41. The Hall–Kier alpha value is -1.44. The van der Waals surface area contributed by atoms with Gasteiger partial charge in [0, 0.05) is 17.6 Å². The number of nitrogens with one attached hydrogen (secondary N) is 1. The molecule has 0 unspecified atom stereocenters. The summed E-state index contributed by atoms with van der Waals surface area (Å²) < 4.78 is 22.4. The number of nitrogens with two attached hydrogens (primary N) is 1. The maximum Gasteiger partial charge on any atom is 0.251 e. The molecule has 0 atom stereocenters. The van der Waals surface area contributed by atoms with E-state index in [4.69, 9.17) is 5.14 Å². The van der Waals surface area contributed by atoms with Crippen molar-refractivity contribution >= 4 is 15.9 Å². The molecule has 1 amide bonds. The third kappa shape index (κ3) is 3.41. The highest BCUT2D eigenvalue weighted by Crippen LogP contribution is 2.40. The zero-order valence-electron chi connectivity index (χ0n) is 13.1. The molecule has 1 aromatic rings. The molecule has 3 N–H and O–H groups in total. The van der Waals surface area contributed by atoms with Crippen molar-refractivity contribution in [3.05, 3.63) is 29.8 Å². The van der Waals surface area contributed by atoms with Gasteiger partial charge in [-0.1, -0.05) is 0 Å².